The molecule has 1 unspecified atom stereocenters. The van der Waals surface area contributed by atoms with Crippen molar-refractivity contribution >= 4 is 21.5 Å². The Kier molecular flexibility index (Phi) is 4.57. The molecule has 8 aromatic rings. The van der Waals surface area contributed by atoms with Gasteiger partial charge in [-0.2, -0.15) is 0 Å². The van der Waals surface area contributed by atoms with Gasteiger partial charge in [0.05, 0.1) is 5.41 Å². The molecule has 2 aliphatic carbocycles. The predicted molar refractivity (Wildman–Crippen MR) is 189 cm³/mol. The van der Waals surface area contributed by atoms with E-state index in [1.54, 1.807) is 0 Å². The summed E-state index contributed by atoms with van der Waals surface area (Å²) in [4.78, 5) is 0. The van der Waals surface area contributed by atoms with Crippen LogP contribution in [0.5, 0.6) is 11.5 Å². The van der Waals surface area contributed by atoms with E-state index in [1.165, 1.54) is 82.7 Å². The molecule has 1 spiro atoms. The third kappa shape index (κ3) is 2.83. The molecule has 8 aromatic carbocycles. The van der Waals surface area contributed by atoms with Crippen LogP contribution >= 0.6 is 0 Å². The highest BCUT2D eigenvalue weighted by molar-refractivity contribution is 6.11. The van der Waals surface area contributed by atoms with Gasteiger partial charge < -0.3 is 4.74 Å². The topological polar surface area (TPSA) is 9.23 Å². The second-order valence-electron chi connectivity index (χ2n) is 12.7. The molecule has 46 heavy (non-hydrogen) atoms. The van der Waals surface area contributed by atoms with Gasteiger partial charge in [0.25, 0.3) is 0 Å². The largest absolute Gasteiger partial charge is 0.456 e. The van der Waals surface area contributed by atoms with Crippen LogP contribution in [0.1, 0.15) is 22.3 Å². The lowest BCUT2D eigenvalue weighted by Crippen LogP contribution is -2.31. The third-order valence-electron chi connectivity index (χ3n) is 10.7. The van der Waals surface area contributed by atoms with Crippen molar-refractivity contribution in [3.05, 3.63) is 180 Å². The lowest BCUT2D eigenvalue weighted by molar-refractivity contribution is 0.487. The smallest absolute Gasteiger partial charge is 0.135 e. The molecular formula is C45H26O. The van der Waals surface area contributed by atoms with E-state index in [0.29, 0.717) is 0 Å². The van der Waals surface area contributed by atoms with Crippen LogP contribution in [0.25, 0.3) is 66.1 Å². The number of fused-ring (bicyclic) bond motifs is 11. The summed E-state index contributed by atoms with van der Waals surface area (Å²) in [5, 5.41) is 5.01. The first kappa shape index (κ1) is 24.4. The Morgan fingerprint density at radius 3 is 1.63 bits per heavy atom. The maximum Gasteiger partial charge on any atom is 0.135 e. The first-order valence-electron chi connectivity index (χ1n) is 16.0. The van der Waals surface area contributed by atoms with Gasteiger partial charge in [-0.25, -0.2) is 0 Å². The Morgan fingerprint density at radius 2 is 0.804 bits per heavy atom. The highest BCUT2D eigenvalue weighted by atomic mass is 16.5. The molecule has 3 aliphatic rings. The van der Waals surface area contributed by atoms with Gasteiger partial charge in [-0.3, -0.25) is 0 Å². The van der Waals surface area contributed by atoms with Gasteiger partial charge in [-0.05, 0) is 89.5 Å². The molecule has 1 nitrogen and oxygen atoms in total. The summed E-state index contributed by atoms with van der Waals surface area (Å²) in [5.74, 6) is 1.83. The molecule has 1 heterocycles. The Bertz CT molecular complexity index is 2610. The monoisotopic (exact) mass is 582 g/mol. The van der Waals surface area contributed by atoms with E-state index in [4.69, 9.17) is 4.74 Å². The van der Waals surface area contributed by atoms with Crippen LogP contribution in [0, 0.1) is 0 Å². The van der Waals surface area contributed by atoms with Crippen molar-refractivity contribution < 1.29 is 4.74 Å². The Balaban J connectivity index is 1.29. The number of ether oxygens (including phenoxy) is 1. The zero-order valence-corrected chi connectivity index (χ0v) is 24.9. The summed E-state index contributed by atoms with van der Waals surface area (Å²) < 4.78 is 6.63. The molecule has 0 saturated carbocycles. The van der Waals surface area contributed by atoms with E-state index < -0.39 is 5.41 Å². The van der Waals surface area contributed by atoms with Gasteiger partial charge in [-0.15, -0.1) is 0 Å². The van der Waals surface area contributed by atoms with Crippen molar-refractivity contribution in [2.45, 2.75) is 5.41 Å². The summed E-state index contributed by atoms with van der Waals surface area (Å²) in [6.45, 7) is 0. The van der Waals surface area contributed by atoms with Crippen LogP contribution in [0.15, 0.2) is 158 Å². The predicted octanol–water partition coefficient (Wildman–Crippen LogP) is 11.8. The van der Waals surface area contributed by atoms with Crippen molar-refractivity contribution in [2.75, 3.05) is 0 Å². The van der Waals surface area contributed by atoms with Crippen LogP contribution in [-0.2, 0) is 5.41 Å². The Morgan fingerprint density at radius 1 is 0.304 bits per heavy atom. The summed E-state index contributed by atoms with van der Waals surface area (Å²) in [7, 11) is 0. The first-order valence-corrected chi connectivity index (χ1v) is 16.0. The fraction of sp³-hybridized carbons (Fsp3) is 0.0222. The maximum atomic E-state index is 6.63. The van der Waals surface area contributed by atoms with E-state index >= 15 is 0 Å². The molecule has 212 valence electrons. The molecule has 0 bridgehead atoms. The average molecular weight is 583 g/mol. The lowest BCUT2D eigenvalue weighted by Gasteiger charge is -2.40. The number of rotatable bonds is 1. The molecule has 0 aromatic heterocycles. The van der Waals surface area contributed by atoms with E-state index in [-0.39, 0.29) is 0 Å². The molecule has 0 N–H and O–H groups in total. The van der Waals surface area contributed by atoms with Crippen molar-refractivity contribution in [3.8, 4) is 56.0 Å². The highest BCUT2D eigenvalue weighted by Crippen LogP contribution is 2.63. The molecule has 11 rings (SSSR count). The van der Waals surface area contributed by atoms with Crippen molar-refractivity contribution in [1.82, 2.24) is 0 Å². The number of hydrogen-bond donors (Lipinski definition) is 0. The molecule has 1 aliphatic heterocycles. The van der Waals surface area contributed by atoms with Crippen LogP contribution in [0.4, 0.5) is 0 Å². The molecule has 0 fully saturated rings. The maximum absolute atomic E-state index is 6.63. The zero-order valence-electron chi connectivity index (χ0n) is 24.9. The summed E-state index contributed by atoms with van der Waals surface area (Å²) in [6.07, 6.45) is 0. The lowest BCUT2D eigenvalue weighted by atomic mass is 9.61. The Labute approximate surface area is 267 Å². The first-order chi connectivity index (χ1) is 22.8. The normalized spacial score (nSPS) is 16.1. The minimum absolute atomic E-state index is 0.440. The molecular weight excluding hydrogens is 556 g/mol. The summed E-state index contributed by atoms with van der Waals surface area (Å²) in [6, 6.07) is 58.2. The van der Waals surface area contributed by atoms with Gasteiger partial charge in [0, 0.05) is 10.9 Å². The van der Waals surface area contributed by atoms with Crippen molar-refractivity contribution in [3.63, 3.8) is 0 Å². The summed E-state index contributed by atoms with van der Waals surface area (Å²) >= 11 is 0. The van der Waals surface area contributed by atoms with E-state index in [2.05, 4.69) is 158 Å². The molecule has 1 atom stereocenters. The second-order valence-corrected chi connectivity index (χ2v) is 12.7. The highest BCUT2D eigenvalue weighted by Gasteiger charge is 2.50. The third-order valence-corrected chi connectivity index (χ3v) is 10.7. The van der Waals surface area contributed by atoms with Crippen LogP contribution in [0.3, 0.4) is 0 Å². The average Bonchev–Trinajstić information content (AvgIpc) is 3.41. The van der Waals surface area contributed by atoms with Gasteiger partial charge >= 0.3 is 0 Å². The van der Waals surface area contributed by atoms with Gasteiger partial charge in [0.2, 0.25) is 0 Å². The number of hydrogen-bond acceptors (Lipinski definition) is 1. The minimum atomic E-state index is -0.440. The SMILES string of the molecule is c1ccc2c(c1)-c1c(-c3cccc4c3-c3cccc5cccc(c35)O4)cccc1C21c2ccccc2-c2cccc3cccc1c23. The van der Waals surface area contributed by atoms with E-state index in [9.17, 15) is 0 Å². The quantitative estimate of drug-likeness (QED) is 0.187. The molecule has 0 amide bonds. The van der Waals surface area contributed by atoms with Crippen LogP contribution < -0.4 is 4.74 Å². The van der Waals surface area contributed by atoms with Crippen LogP contribution in [0.2, 0.25) is 0 Å². The standard InChI is InChI=1S/C45H26O/c1-3-21-35-29(15-1)30-17-5-11-27-13-7-23-37(41(27)30)45(35)36-22-4-2-16-33(36)43-31(18-9-24-38(43)45)32-19-10-26-40-44(32)34-20-6-12-28-14-8-25-39(46-40)42(28)34/h1-26H. The van der Waals surface area contributed by atoms with Crippen LogP contribution in [-0.4, -0.2) is 0 Å². The van der Waals surface area contributed by atoms with Crippen molar-refractivity contribution in [2.24, 2.45) is 0 Å². The van der Waals surface area contributed by atoms with Gasteiger partial charge in [0.1, 0.15) is 11.5 Å². The van der Waals surface area contributed by atoms with Gasteiger partial charge in [-0.1, -0.05) is 146 Å². The summed E-state index contributed by atoms with van der Waals surface area (Å²) in [5.41, 5.74) is 15.0. The number of benzene rings is 8. The fourth-order valence-corrected chi connectivity index (χ4v) is 9.04. The second kappa shape index (κ2) is 8.62. The Hall–Kier alpha value is -5.92. The molecule has 1 heteroatoms. The minimum Gasteiger partial charge on any atom is -0.456 e. The van der Waals surface area contributed by atoms with E-state index in [1.807, 2.05) is 0 Å². The molecule has 0 saturated heterocycles. The zero-order chi connectivity index (χ0) is 30.0. The van der Waals surface area contributed by atoms with E-state index in [0.717, 1.165) is 17.1 Å². The fourth-order valence-electron chi connectivity index (χ4n) is 9.04. The molecule has 0 radical (unpaired) electrons. The van der Waals surface area contributed by atoms with Gasteiger partial charge in [0.15, 0.2) is 0 Å². The van der Waals surface area contributed by atoms with Crippen molar-refractivity contribution in [1.29, 1.82) is 0 Å².